The van der Waals surface area contributed by atoms with Crippen molar-refractivity contribution in [1.29, 1.82) is 0 Å². The Bertz CT molecular complexity index is 670. The van der Waals surface area contributed by atoms with Crippen molar-refractivity contribution in [3.8, 4) is 0 Å². The van der Waals surface area contributed by atoms with Crippen LogP contribution in [0.4, 0.5) is 13.2 Å². The third kappa shape index (κ3) is 3.52. The average molecular weight is 311 g/mol. The maximum atomic E-state index is 12.5. The molecule has 0 fully saturated rings. The molecule has 0 aliphatic carbocycles. The number of hydrogen-bond donors (Lipinski definition) is 0. The lowest BCUT2D eigenvalue weighted by Crippen LogP contribution is -2.06. The Balaban J connectivity index is 2.24. The first-order valence-corrected chi connectivity index (χ1v) is 6.33. The van der Waals surface area contributed by atoms with E-state index in [-0.39, 0.29) is 11.1 Å². The molecule has 1 nitrogen and oxygen atoms in total. The summed E-state index contributed by atoms with van der Waals surface area (Å²) in [5, 5.41) is 0.522. The summed E-state index contributed by atoms with van der Waals surface area (Å²) in [6.45, 7) is 3.69. The molecule has 5 heteroatoms. The van der Waals surface area contributed by atoms with Crippen LogP contribution in [-0.2, 0) is 6.18 Å². The van der Waals surface area contributed by atoms with Gasteiger partial charge in [-0.25, -0.2) is 0 Å². The number of carbonyl (C=O) groups excluding carboxylic acids is 1. The van der Waals surface area contributed by atoms with Crippen LogP contribution in [0.2, 0.25) is 5.02 Å². The summed E-state index contributed by atoms with van der Waals surface area (Å²) in [5.41, 5.74) is 0.134. The van der Waals surface area contributed by atoms with Crippen molar-refractivity contribution >= 4 is 23.0 Å². The molecule has 108 valence electrons. The molecule has 2 aromatic rings. The summed E-state index contributed by atoms with van der Waals surface area (Å²) in [6.07, 6.45) is -4.42. The zero-order chi connectivity index (χ0) is 15.6. The summed E-state index contributed by atoms with van der Waals surface area (Å²) in [7, 11) is 0. The lowest BCUT2D eigenvalue weighted by atomic mass is 9.97. The molecule has 0 aliphatic heterocycles. The van der Waals surface area contributed by atoms with E-state index < -0.39 is 17.5 Å². The molecule has 0 aliphatic rings. The molecule has 21 heavy (non-hydrogen) atoms. The maximum absolute atomic E-state index is 12.5. The quantitative estimate of drug-likeness (QED) is 0.558. The minimum Gasteiger partial charge on any atom is -0.289 e. The molecule has 0 heterocycles. The molecule has 0 spiro atoms. The molecule has 0 radical (unpaired) electrons. The number of rotatable bonds is 3. The van der Waals surface area contributed by atoms with Crippen LogP contribution in [-0.4, -0.2) is 5.78 Å². The summed E-state index contributed by atoms with van der Waals surface area (Å²) < 4.78 is 37.4. The highest BCUT2D eigenvalue weighted by atomic mass is 35.5. The van der Waals surface area contributed by atoms with E-state index in [1.165, 1.54) is 0 Å². The van der Waals surface area contributed by atoms with Gasteiger partial charge in [0.1, 0.15) is 0 Å². The van der Waals surface area contributed by atoms with E-state index >= 15 is 0 Å². The van der Waals surface area contributed by atoms with Gasteiger partial charge in [-0.15, -0.1) is 0 Å². The number of hydrogen-bond acceptors (Lipinski definition) is 1. The van der Waals surface area contributed by atoms with Crippen molar-refractivity contribution in [3.05, 3.63) is 76.8 Å². The fourth-order valence-electron chi connectivity index (χ4n) is 1.77. The van der Waals surface area contributed by atoms with Crippen molar-refractivity contribution in [2.45, 2.75) is 6.18 Å². The summed E-state index contributed by atoms with van der Waals surface area (Å²) in [4.78, 5) is 12.2. The number of allylic oxidation sites excluding steroid dienone is 1. The third-order valence-electron chi connectivity index (χ3n) is 2.94. The van der Waals surface area contributed by atoms with Crippen molar-refractivity contribution in [2.24, 2.45) is 0 Å². The second-order valence-corrected chi connectivity index (χ2v) is 4.83. The normalized spacial score (nSPS) is 11.2. The zero-order valence-electron chi connectivity index (χ0n) is 10.7. The Labute approximate surface area is 124 Å². The summed E-state index contributed by atoms with van der Waals surface area (Å²) >= 11 is 5.75. The van der Waals surface area contributed by atoms with Crippen molar-refractivity contribution in [1.82, 2.24) is 0 Å². The maximum Gasteiger partial charge on any atom is 0.416 e. The van der Waals surface area contributed by atoms with Gasteiger partial charge in [0, 0.05) is 16.2 Å². The number of alkyl halides is 3. The zero-order valence-corrected chi connectivity index (χ0v) is 11.5. The Morgan fingerprint density at radius 2 is 1.38 bits per heavy atom. The molecule has 0 N–H and O–H groups in total. The number of ketones is 1. The second kappa shape index (κ2) is 5.74. The molecule has 0 unspecified atom stereocenters. The minimum absolute atomic E-state index is 0.156. The molecule has 0 bridgehead atoms. The first-order chi connectivity index (χ1) is 9.79. The van der Waals surface area contributed by atoms with Crippen molar-refractivity contribution in [2.75, 3.05) is 0 Å². The predicted molar refractivity (Wildman–Crippen MR) is 76.3 cm³/mol. The van der Waals surface area contributed by atoms with Gasteiger partial charge >= 0.3 is 6.18 Å². The van der Waals surface area contributed by atoms with E-state index in [4.69, 9.17) is 11.6 Å². The average Bonchev–Trinajstić information content (AvgIpc) is 2.46. The molecule has 0 amide bonds. The molecule has 0 saturated carbocycles. The molecular weight excluding hydrogens is 301 g/mol. The lowest BCUT2D eigenvalue weighted by Gasteiger charge is -2.08. The van der Waals surface area contributed by atoms with E-state index in [9.17, 15) is 18.0 Å². The van der Waals surface area contributed by atoms with Gasteiger partial charge in [0.05, 0.1) is 5.56 Å². The largest absolute Gasteiger partial charge is 0.416 e. The fraction of sp³-hybridized carbons (Fsp3) is 0.0625. The van der Waals surface area contributed by atoms with Gasteiger partial charge in [-0.2, -0.15) is 13.2 Å². The van der Waals surface area contributed by atoms with E-state index in [1.54, 1.807) is 24.3 Å². The first-order valence-electron chi connectivity index (χ1n) is 5.96. The van der Waals surface area contributed by atoms with E-state index in [1.807, 2.05) is 0 Å². The Hall–Kier alpha value is -2.07. The van der Waals surface area contributed by atoms with Crippen LogP contribution < -0.4 is 0 Å². The lowest BCUT2D eigenvalue weighted by molar-refractivity contribution is -0.137. The van der Waals surface area contributed by atoms with Crippen LogP contribution in [0.15, 0.2) is 55.1 Å². The summed E-state index contributed by atoms with van der Waals surface area (Å²) in [5.74, 6) is -0.425. The van der Waals surface area contributed by atoms with Gasteiger partial charge < -0.3 is 0 Å². The molecule has 0 atom stereocenters. The number of Topliss-reactive ketones (excluding diaryl/α,β-unsaturated/α-hetero) is 1. The molecule has 0 saturated heterocycles. The van der Waals surface area contributed by atoms with Crippen LogP contribution in [0, 0.1) is 0 Å². The standard InChI is InChI=1S/C16H10ClF3O/c1-10(11-4-8-14(17)9-5-11)15(21)12-2-6-13(7-3-12)16(18,19)20/h2-9H,1H2. The van der Waals surface area contributed by atoms with Gasteiger partial charge in [-0.3, -0.25) is 4.79 Å². The highest BCUT2D eigenvalue weighted by molar-refractivity contribution is 6.31. The van der Waals surface area contributed by atoms with E-state index in [2.05, 4.69) is 6.58 Å². The van der Waals surface area contributed by atoms with Gasteiger partial charge in [0.2, 0.25) is 0 Å². The van der Waals surface area contributed by atoms with Gasteiger partial charge in [-0.1, -0.05) is 42.4 Å². The molecule has 2 aromatic carbocycles. The van der Waals surface area contributed by atoms with E-state index in [0.717, 1.165) is 24.3 Å². The third-order valence-corrected chi connectivity index (χ3v) is 3.19. The van der Waals surface area contributed by atoms with Gasteiger partial charge in [0.25, 0.3) is 0 Å². The minimum atomic E-state index is -4.42. The van der Waals surface area contributed by atoms with Crippen molar-refractivity contribution < 1.29 is 18.0 Å². The topological polar surface area (TPSA) is 17.1 Å². The Morgan fingerprint density at radius 1 is 0.905 bits per heavy atom. The number of carbonyl (C=O) groups is 1. The van der Waals surface area contributed by atoms with Gasteiger partial charge in [-0.05, 0) is 29.8 Å². The SMILES string of the molecule is C=C(C(=O)c1ccc(C(F)(F)F)cc1)c1ccc(Cl)cc1. The Kier molecular flexibility index (Phi) is 4.19. The van der Waals surface area contributed by atoms with Crippen LogP contribution in [0.25, 0.3) is 5.57 Å². The monoisotopic (exact) mass is 310 g/mol. The first kappa shape index (κ1) is 15.3. The molecule has 0 aromatic heterocycles. The van der Waals surface area contributed by atoms with Crippen LogP contribution in [0.5, 0.6) is 0 Å². The second-order valence-electron chi connectivity index (χ2n) is 4.39. The van der Waals surface area contributed by atoms with Crippen LogP contribution in [0.3, 0.4) is 0 Å². The van der Waals surface area contributed by atoms with Crippen LogP contribution in [0.1, 0.15) is 21.5 Å². The predicted octanol–water partition coefficient (Wildman–Crippen LogP) is 5.25. The fourth-order valence-corrected chi connectivity index (χ4v) is 1.89. The van der Waals surface area contributed by atoms with E-state index in [0.29, 0.717) is 10.6 Å². The van der Waals surface area contributed by atoms with Crippen molar-refractivity contribution in [3.63, 3.8) is 0 Å². The molecular formula is C16H10ClF3O. The smallest absolute Gasteiger partial charge is 0.289 e. The highest BCUT2D eigenvalue weighted by Gasteiger charge is 2.30. The number of halogens is 4. The summed E-state index contributed by atoms with van der Waals surface area (Å²) in [6, 6.07) is 10.5. The highest BCUT2D eigenvalue weighted by Crippen LogP contribution is 2.29. The van der Waals surface area contributed by atoms with Gasteiger partial charge in [0.15, 0.2) is 5.78 Å². The molecule has 2 rings (SSSR count). The number of benzene rings is 2. The van der Waals surface area contributed by atoms with Crippen LogP contribution >= 0.6 is 11.6 Å². The Morgan fingerprint density at radius 3 is 1.86 bits per heavy atom.